The molecule has 1 atom stereocenters. The molecule has 1 N–H and O–H groups in total. The van der Waals surface area contributed by atoms with Gasteiger partial charge < -0.3 is 23.9 Å². The lowest BCUT2D eigenvalue weighted by atomic mass is 9.98. The normalized spacial score (nSPS) is 17.9. The van der Waals surface area contributed by atoms with Gasteiger partial charge in [-0.15, -0.1) is 0 Å². The first kappa shape index (κ1) is 24.6. The number of likely N-dealkylation sites (tertiary alicyclic amines) is 1. The van der Waals surface area contributed by atoms with E-state index < -0.39 is 17.7 Å². The Balaban J connectivity index is 1.98. The topological polar surface area (TPSA) is 89.2 Å². The fourth-order valence-electron chi connectivity index (χ4n) is 3.89. The van der Waals surface area contributed by atoms with E-state index >= 15 is 0 Å². The molecule has 0 aliphatic carbocycles. The van der Waals surface area contributed by atoms with Crippen molar-refractivity contribution in [2.45, 2.75) is 59.6 Å². The van der Waals surface area contributed by atoms with Crippen molar-refractivity contribution in [2.75, 3.05) is 19.8 Å². The molecule has 0 spiro atoms. The van der Waals surface area contributed by atoms with Crippen LogP contribution in [0.3, 0.4) is 0 Å². The van der Waals surface area contributed by atoms with Crippen molar-refractivity contribution in [2.24, 2.45) is 0 Å². The van der Waals surface area contributed by atoms with Gasteiger partial charge in [-0.2, -0.15) is 0 Å². The van der Waals surface area contributed by atoms with Crippen molar-refractivity contribution in [1.82, 2.24) is 4.90 Å². The molecule has 7 nitrogen and oxygen atoms in total. The molecule has 1 amide bonds. The fraction of sp³-hybridized carbons (Fsp3) is 0.462. The third-order valence-corrected chi connectivity index (χ3v) is 5.48. The van der Waals surface area contributed by atoms with Gasteiger partial charge in [-0.25, -0.2) is 0 Å². The minimum absolute atomic E-state index is 0.0285. The van der Waals surface area contributed by atoms with Crippen molar-refractivity contribution in [1.29, 1.82) is 0 Å². The van der Waals surface area contributed by atoms with E-state index in [4.69, 9.17) is 13.9 Å². The molecule has 0 bridgehead atoms. The van der Waals surface area contributed by atoms with Gasteiger partial charge >= 0.3 is 0 Å². The predicted molar refractivity (Wildman–Crippen MR) is 125 cm³/mol. The van der Waals surface area contributed by atoms with Crippen molar-refractivity contribution >= 4 is 17.4 Å². The van der Waals surface area contributed by atoms with E-state index in [1.54, 1.807) is 37.3 Å². The van der Waals surface area contributed by atoms with E-state index in [-0.39, 0.29) is 17.4 Å². The van der Waals surface area contributed by atoms with Crippen LogP contribution in [0, 0.1) is 13.8 Å². The summed E-state index contributed by atoms with van der Waals surface area (Å²) >= 11 is 0. The number of aliphatic hydroxyl groups is 1. The van der Waals surface area contributed by atoms with Gasteiger partial charge in [-0.05, 0) is 76.4 Å². The number of hydrogen-bond acceptors (Lipinski definition) is 6. The Bertz CT molecular complexity index is 1040. The van der Waals surface area contributed by atoms with Crippen molar-refractivity contribution in [3.8, 4) is 5.75 Å². The quantitative estimate of drug-likeness (QED) is 0.237. The third kappa shape index (κ3) is 5.47. The Morgan fingerprint density at radius 1 is 1.15 bits per heavy atom. The lowest BCUT2D eigenvalue weighted by molar-refractivity contribution is -0.140. The zero-order chi connectivity index (χ0) is 24.1. The van der Waals surface area contributed by atoms with E-state index in [2.05, 4.69) is 0 Å². The average Bonchev–Trinajstić information content (AvgIpc) is 3.31. The highest BCUT2D eigenvalue weighted by Crippen LogP contribution is 2.40. The van der Waals surface area contributed by atoms with Gasteiger partial charge in [0.25, 0.3) is 11.7 Å². The summed E-state index contributed by atoms with van der Waals surface area (Å²) in [4.78, 5) is 27.4. The number of benzene rings is 1. The van der Waals surface area contributed by atoms with Crippen LogP contribution in [0.1, 0.15) is 62.3 Å². The number of carbonyl (C=O) groups is 2. The third-order valence-electron chi connectivity index (χ3n) is 5.48. The summed E-state index contributed by atoms with van der Waals surface area (Å²) in [5, 5.41) is 11.2. The molecule has 1 unspecified atom stereocenters. The van der Waals surface area contributed by atoms with E-state index in [1.807, 2.05) is 27.7 Å². The number of ether oxygens (including phenoxy) is 2. The molecule has 0 radical (unpaired) electrons. The number of amides is 1. The maximum Gasteiger partial charge on any atom is 0.295 e. The van der Waals surface area contributed by atoms with Crippen molar-refractivity contribution in [3.63, 3.8) is 0 Å². The number of ketones is 1. The second kappa shape index (κ2) is 10.7. The van der Waals surface area contributed by atoms with Gasteiger partial charge in [0.2, 0.25) is 0 Å². The number of aliphatic hydroxyl groups excluding tert-OH is 1. The summed E-state index contributed by atoms with van der Waals surface area (Å²) in [7, 11) is 0. The molecule has 7 heteroatoms. The Morgan fingerprint density at radius 2 is 1.91 bits per heavy atom. The van der Waals surface area contributed by atoms with Crippen LogP contribution in [0.4, 0.5) is 0 Å². The molecule has 1 fully saturated rings. The lowest BCUT2D eigenvalue weighted by Crippen LogP contribution is -2.31. The first-order chi connectivity index (χ1) is 15.7. The summed E-state index contributed by atoms with van der Waals surface area (Å²) in [6, 6.07) is 7.95. The van der Waals surface area contributed by atoms with Gasteiger partial charge in [-0.1, -0.05) is 6.92 Å². The zero-order valence-corrected chi connectivity index (χ0v) is 20.0. The zero-order valence-electron chi connectivity index (χ0n) is 20.0. The Kier molecular flexibility index (Phi) is 7.97. The van der Waals surface area contributed by atoms with Gasteiger partial charge in [-0.3, -0.25) is 9.59 Å². The van der Waals surface area contributed by atoms with E-state index in [9.17, 15) is 14.7 Å². The number of hydrogen-bond donors (Lipinski definition) is 1. The van der Waals surface area contributed by atoms with Gasteiger partial charge in [0.05, 0.1) is 18.3 Å². The molecule has 3 rings (SSSR count). The second-order valence-electron chi connectivity index (χ2n) is 8.54. The largest absolute Gasteiger partial charge is 0.507 e. The van der Waals surface area contributed by atoms with E-state index in [1.165, 1.54) is 4.90 Å². The van der Waals surface area contributed by atoms with Crippen LogP contribution in [0.2, 0.25) is 0 Å². The average molecular weight is 456 g/mol. The molecule has 2 heterocycles. The number of aryl methyl sites for hydroxylation is 2. The molecule has 33 heavy (non-hydrogen) atoms. The molecule has 2 aromatic rings. The molecular weight excluding hydrogens is 422 g/mol. The summed E-state index contributed by atoms with van der Waals surface area (Å²) in [6.07, 6.45) is 1.52. The van der Waals surface area contributed by atoms with Gasteiger partial charge in [0, 0.05) is 18.7 Å². The van der Waals surface area contributed by atoms with Crippen LogP contribution in [0.25, 0.3) is 5.76 Å². The highest BCUT2D eigenvalue weighted by atomic mass is 16.5. The number of carbonyl (C=O) groups excluding carboxylic acids is 2. The van der Waals surface area contributed by atoms with Crippen LogP contribution >= 0.6 is 0 Å². The van der Waals surface area contributed by atoms with E-state index in [0.717, 1.165) is 17.7 Å². The molecule has 1 saturated heterocycles. The summed E-state index contributed by atoms with van der Waals surface area (Å²) in [5.41, 5.74) is 1.31. The number of Topliss-reactive ketones (excluding diaryl/α,β-unsaturated/α-hetero) is 1. The van der Waals surface area contributed by atoms with Crippen LogP contribution in [0.15, 0.2) is 40.3 Å². The van der Waals surface area contributed by atoms with Crippen LogP contribution in [-0.2, 0) is 14.3 Å². The summed E-state index contributed by atoms with van der Waals surface area (Å²) in [6.45, 7) is 10.9. The molecule has 1 aromatic heterocycles. The number of rotatable bonds is 10. The monoisotopic (exact) mass is 455 g/mol. The Hall–Kier alpha value is -3.06. The molecule has 1 aliphatic rings. The van der Waals surface area contributed by atoms with Gasteiger partial charge in [0.1, 0.15) is 29.1 Å². The maximum absolute atomic E-state index is 13.0. The molecule has 178 valence electrons. The molecular formula is C26H33NO6. The van der Waals surface area contributed by atoms with Gasteiger partial charge in [0.15, 0.2) is 0 Å². The lowest BCUT2D eigenvalue weighted by Gasteiger charge is -2.23. The number of furan rings is 1. The minimum Gasteiger partial charge on any atom is -0.507 e. The fourth-order valence-corrected chi connectivity index (χ4v) is 3.89. The highest BCUT2D eigenvalue weighted by Gasteiger charge is 2.47. The van der Waals surface area contributed by atoms with Crippen LogP contribution in [0.5, 0.6) is 5.75 Å². The standard InChI is InChI=1S/C26H33NO6/c1-6-13-32-20-11-9-19(15-17(20)4)24(28)22-23(21-10-8-18(5)33-21)27(26(30)25(22)29)12-7-14-31-16(2)3/h8-11,15-16,23,28H,6-7,12-14H2,1-5H3/b24-22-. The Morgan fingerprint density at radius 3 is 2.52 bits per heavy atom. The molecule has 0 saturated carbocycles. The Labute approximate surface area is 195 Å². The van der Waals surface area contributed by atoms with Crippen molar-refractivity contribution < 1.29 is 28.6 Å². The van der Waals surface area contributed by atoms with Crippen LogP contribution in [-0.4, -0.2) is 47.6 Å². The first-order valence-corrected chi connectivity index (χ1v) is 11.4. The predicted octanol–water partition coefficient (Wildman–Crippen LogP) is 4.92. The minimum atomic E-state index is -0.797. The smallest absolute Gasteiger partial charge is 0.295 e. The number of nitrogens with zero attached hydrogens (tertiary/aromatic N) is 1. The summed E-state index contributed by atoms with van der Waals surface area (Å²) in [5.74, 6) is 0.223. The van der Waals surface area contributed by atoms with E-state index in [0.29, 0.717) is 43.3 Å². The molecule has 1 aliphatic heterocycles. The summed E-state index contributed by atoms with van der Waals surface area (Å²) < 4.78 is 17.1. The van der Waals surface area contributed by atoms with Crippen LogP contribution < -0.4 is 4.74 Å². The molecule has 1 aromatic carbocycles. The second-order valence-corrected chi connectivity index (χ2v) is 8.54. The SMILES string of the molecule is CCCOc1ccc(/C(O)=C2/C(=O)C(=O)N(CCCOC(C)C)C2c2ccc(C)o2)cc1C. The first-order valence-electron chi connectivity index (χ1n) is 11.4. The highest BCUT2D eigenvalue weighted by molar-refractivity contribution is 6.46. The maximum atomic E-state index is 13.0. The van der Waals surface area contributed by atoms with Crippen molar-refractivity contribution in [3.05, 3.63) is 58.6 Å².